The van der Waals surface area contributed by atoms with Crippen LogP contribution in [0.5, 0.6) is 0 Å². The van der Waals surface area contributed by atoms with Gasteiger partial charge in [0.25, 0.3) is 5.91 Å². The van der Waals surface area contributed by atoms with Gasteiger partial charge >= 0.3 is 0 Å². The molecule has 8 heteroatoms. The second-order valence-electron chi connectivity index (χ2n) is 8.28. The lowest BCUT2D eigenvalue weighted by Gasteiger charge is -2.36. The van der Waals surface area contributed by atoms with E-state index in [1.165, 1.54) is 24.3 Å². The van der Waals surface area contributed by atoms with Crippen LogP contribution in [0.15, 0.2) is 42.5 Å². The fraction of sp³-hybridized carbons (Fsp3) is 0.318. The average molecular weight is 426 g/mol. The molecule has 0 aliphatic carbocycles. The number of carbonyl (C=O) groups excluding carboxylic acids is 3. The zero-order valence-electron chi connectivity index (χ0n) is 15.8. The molecule has 1 N–H and O–H groups in total. The van der Waals surface area contributed by atoms with Crippen LogP contribution in [0.3, 0.4) is 0 Å². The number of rotatable bonds is 1. The minimum absolute atomic E-state index is 0.201. The summed E-state index contributed by atoms with van der Waals surface area (Å²) in [6, 6.07) is 10.4. The molecule has 0 unspecified atom stereocenters. The van der Waals surface area contributed by atoms with Crippen molar-refractivity contribution >= 4 is 40.7 Å². The molecule has 4 heterocycles. The van der Waals surface area contributed by atoms with Crippen LogP contribution in [0.2, 0.25) is 5.02 Å². The lowest BCUT2D eigenvalue weighted by atomic mass is 9.75. The normalized spacial score (nSPS) is 32.0. The fourth-order valence-corrected chi connectivity index (χ4v) is 6.26. The van der Waals surface area contributed by atoms with Crippen molar-refractivity contribution in [2.45, 2.75) is 24.4 Å². The maximum absolute atomic E-state index is 13.7. The molecule has 4 atom stereocenters. The number of imide groups is 1. The van der Waals surface area contributed by atoms with Crippen molar-refractivity contribution in [3.05, 3.63) is 58.9 Å². The Hall–Kier alpha value is -2.77. The number of nitrogens with zero attached hydrogens (tertiary/aromatic N) is 2. The zero-order valence-corrected chi connectivity index (χ0v) is 16.5. The number of nitrogens with one attached hydrogen (secondary N) is 1. The number of hydrogen-bond donors (Lipinski definition) is 1. The molecule has 30 heavy (non-hydrogen) atoms. The summed E-state index contributed by atoms with van der Waals surface area (Å²) in [4.78, 5) is 43.8. The van der Waals surface area contributed by atoms with Crippen molar-refractivity contribution in [1.82, 2.24) is 4.90 Å². The topological polar surface area (TPSA) is 69.7 Å². The van der Waals surface area contributed by atoms with Crippen LogP contribution in [0.25, 0.3) is 0 Å². The first kappa shape index (κ1) is 18.0. The van der Waals surface area contributed by atoms with Crippen LogP contribution in [-0.4, -0.2) is 35.2 Å². The highest BCUT2D eigenvalue weighted by molar-refractivity contribution is 6.35. The van der Waals surface area contributed by atoms with Crippen LogP contribution >= 0.6 is 11.6 Å². The van der Waals surface area contributed by atoms with E-state index in [0.717, 1.165) is 17.7 Å². The van der Waals surface area contributed by atoms with Crippen LogP contribution < -0.4 is 10.2 Å². The quantitative estimate of drug-likeness (QED) is 0.713. The van der Waals surface area contributed by atoms with Crippen LogP contribution in [-0.2, 0) is 19.9 Å². The largest absolute Gasteiger partial charge is 0.323 e. The number of fused-ring (bicyclic) bond motifs is 7. The van der Waals surface area contributed by atoms with Crippen molar-refractivity contribution < 1.29 is 18.8 Å². The molecule has 0 aromatic heterocycles. The van der Waals surface area contributed by atoms with Gasteiger partial charge in [-0.25, -0.2) is 9.29 Å². The van der Waals surface area contributed by atoms with Gasteiger partial charge in [0, 0.05) is 11.6 Å². The molecule has 152 valence electrons. The smallest absolute Gasteiger partial charge is 0.250 e. The van der Waals surface area contributed by atoms with E-state index in [2.05, 4.69) is 5.32 Å². The van der Waals surface area contributed by atoms with Gasteiger partial charge < -0.3 is 5.32 Å². The highest BCUT2D eigenvalue weighted by Crippen LogP contribution is 2.61. The maximum atomic E-state index is 13.7. The molecule has 2 aromatic carbocycles. The summed E-state index contributed by atoms with van der Waals surface area (Å²) >= 11 is 6.36. The highest BCUT2D eigenvalue weighted by Gasteiger charge is 2.74. The molecule has 2 aromatic rings. The Bertz CT molecular complexity index is 1140. The number of benzene rings is 2. The first-order valence-electron chi connectivity index (χ1n) is 9.97. The van der Waals surface area contributed by atoms with Gasteiger partial charge in [-0.05, 0) is 49.7 Å². The van der Waals surface area contributed by atoms with Gasteiger partial charge in [0.2, 0.25) is 11.8 Å². The highest BCUT2D eigenvalue weighted by atomic mass is 35.5. The molecule has 3 fully saturated rings. The molecule has 4 aliphatic heterocycles. The standard InChI is InChI=1S/C22H17ClFN3O3/c23-14-4-1-3-13-18(14)25-21(30)22(13)17-16(15-5-2-10-26(15)22)19(28)27(20(17)29)12-8-6-11(24)7-9-12/h1,3-4,6-9,15-17H,2,5,10H2,(H,25,30)/t15-,16+,17-,22-/m0/s1. The van der Waals surface area contributed by atoms with Gasteiger partial charge in [-0.3, -0.25) is 19.3 Å². The van der Waals surface area contributed by atoms with E-state index >= 15 is 0 Å². The SMILES string of the molecule is O=C1[C@H]2[C@@H](C(=O)N1c1ccc(F)cc1)[C@@]1(C(=O)Nc3c(Cl)cccc31)N1CCC[C@@H]21. The zero-order chi connectivity index (χ0) is 20.8. The van der Waals surface area contributed by atoms with Crippen LogP contribution in [0.1, 0.15) is 18.4 Å². The van der Waals surface area contributed by atoms with Crippen molar-refractivity contribution in [2.24, 2.45) is 11.8 Å². The van der Waals surface area contributed by atoms with E-state index in [1.807, 2.05) is 11.0 Å². The predicted octanol–water partition coefficient (Wildman–Crippen LogP) is 2.91. The van der Waals surface area contributed by atoms with Crippen molar-refractivity contribution in [3.8, 4) is 0 Å². The first-order chi connectivity index (χ1) is 14.5. The summed E-state index contributed by atoms with van der Waals surface area (Å²) in [7, 11) is 0. The minimum atomic E-state index is -1.26. The Morgan fingerprint density at radius 3 is 2.60 bits per heavy atom. The minimum Gasteiger partial charge on any atom is -0.323 e. The molecule has 6 nitrogen and oxygen atoms in total. The monoisotopic (exact) mass is 425 g/mol. The van der Waals surface area contributed by atoms with E-state index < -0.39 is 29.1 Å². The number of amides is 3. The Morgan fingerprint density at radius 1 is 1.07 bits per heavy atom. The average Bonchev–Trinajstić information content (AvgIpc) is 3.42. The van der Waals surface area contributed by atoms with Gasteiger partial charge in [0.1, 0.15) is 11.4 Å². The second kappa shape index (κ2) is 5.89. The number of para-hydroxylation sites is 1. The number of anilines is 2. The third-order valence-electron chi connectivity index (χ3n) is 7.06. The molecular weight excluding hydrogens is 409 g/mol. The summed E-state index contributed by atoms with van der Waals surface area (Å²) < 4.78 is 13.4. The molecule has 4 aliphatic rings. The summed E-state index contributed by atoms with van der Waals surface area (Å²) in [6.45, 7) is 0.633. The van der Waals surface area contributed by atoms with Gasteiger partial charge in [-0.2, -0.15) is 0 Å². The molecule has 0 radical (unpaired) electrons. The molecule has 0 bridgehead atoms. The van der Waals surface area contributed by atoms with Gasteiger partial charge in [-0.15, -0.1) is 0 Å². The number of hydrogen-bond acceptors (Lipinski definition) is 4. The summed E-state index contributed by atoms with van der Waals surface area (Å²) in [5, 5.41) is 3.28. The van der Waals surface area contributed by atoms with E-state index in [0.29, 0.717) is 28.5 Å². The lowest BCUT2D eigenvalue weighted by Crippen LogP contribution is -2.54. The summed E-state index contributed by atoms with van der Waals surface area (Å²) in [5.74, 6) is -2.98. The number of carbonyl (C=O) groups is 3. The molecule has 6 rings (SSSR count). The first-order valence-corrected chi connectivity index (χ1v) is 10.3. The molecule has 1 spiro atoms. The van der Waals surface area contributed by atoms with Crippen LogP contribution in [0, 0.1) is 17.7 Å². The molecule has 3 saturated heterocycles. The van der Waals surface area contributed by atoms with Crippen molar-refractivity contribution in [3.63, 3.8) is 0 Å². The maximum Gasteiger partial charge on any atom is 0.250 e. The molecular formula is C22H17ClFN3O3. The third kappa shape index (κ3) is 1.95. The van der Waals surface area contributed by atoms with E-state index in [1.54, 1.807) is 12.1 Å². The summed E-state index contributed by atoms with van der Waals surface area (Å²) in [5.41, 5.74) is 0.232. The summed E-state index contributed by atoms with van der Waals surface area (Å²) in [6.07, 6.45) is 1.58. The van der Waals surface area contributed by atoms with Gasteiger partial charge in [0.05, 0.1) is 28.2 Å². The Kier molecular flexibility index (Phi) is 3.54. The lowest BCUT2D eigenvalue weighted by molar-refractivity contribution is -0.135. The van der Waals surface area contributed by atoms with Crippen LogP contribution in [0.4, 0.5) is 15.8 Å². The van der Waals surface area contributed by atoms with E-state index in [4.69, 9.17) is 11.6 Å². The Morgan fingerprint density at radius 2 is 1.83 bits per heavy atom. The molecule has 0 saturated carbocycles. The van der Waals surface area contributed by atoms with E-state index in [9.17, 15) is 18.8 Å². The number of halogens is 2. The Balaban J connectivity index is 1.56. The van der Waals surface area contributed by atoms with Gasteiger partial charge in [-0.1, -0.05) is 23.7 Å². The fourth-order valence-electron chi connectivity index (χ4n) is 6.04. The third-order valence-corrected chi connectivity index (χ3v) is 7.38. The van der Waals surface area contributed by atoms with Gasteiger partial charge in [0.15, 0.2) is 0 Å². The second-order valence-corrected chi connectivity index (χ2v) is 8.68. The van der Waals surface area contributed by atoms with Crippen molar-refractivity contribution in [1.29, 1.82) is 0 Å². The predicted molar refractivity (Wildman–Crippen MR) is 107 cm³/mol. The Labute approximate surface area is 176 Å². The van der Waals surface area contributed by atoms with E-state index in [-0.39, 0.29) is 17.9 Å². The van der Waals surface area contributed by atoms with Crippen molar-refractivity contribution in [2.75, 3.05) is 16.8 Å². The molecule has 3 amide bonds.